The van der Waals surface area contributed by atoms with Crippen molar-refractivity contribution >= 4 is 28.5 Å². The van der Waals surface area contributed by atoms with Crippen LogP contribution in [0.4, 0.5) is 18.9 Å². The molecule has 1 aromatic heterocycles. The Hall–Kier alpha value is -4.28. The lowest BCUT2D eigenvalue weighted by Crippen LogP contribution is -2.54. The molecule has 0 bridgehead atoms. The third kappa shape index (κ3) is 8.41. The van der Waals surface area contributed by atoms with E-state index in [-0.39, 0.29) is 53.2 Å². The van der Waals surface area contributed by atoms with Crippen molar-refractivity contribution in [3.8, 4) is 17.6 Å². The number of rotatable bonds is 8. The number of nitrogens with zero attached hydrogens (tertiary/aromatic N) is 3. The zero-order valence-corrected chi connectivity index (χ0v) is 27.9. The molecule has 2 amide bonds. The summed E-state index contributed by atoms with van der Waals surface area (Å²) >= 11 is 0. The predicted octanol–water partition coefficient (Wildman–Crippen LogP) is 4.83. The molecule has 0 radical (unpaired) electrons. The van der Waals surface area contributed by atoms with Crippen LogP contribution >= 0.6 is 0 Å². The highest BCUT2D eigenvalue weighted by atomic mass is 19.4. The van der Waals surface area contributed by atoms with Crippen molar-refractivity contribution in [3.63, 3.8) is 0 Å². The maximum atomic E-state index is 13.8. The van der Waals surface area contributed by atoms with E-state index in [4.69, 9.17) is 9.47 Å². The zero-order chi connectivity index (χ0) is 34.6. The van der Waals surface area contributed by atoms with Gasteiger partial charge in [0.05, 0.1) is 49.0 Å². The Balaban J connectivity index is 1.35. The first-order chi connectivity index (χ1) is 22.8. The summed E-state index contributed by atoms with van der Waals surface area (Å²) in [5.74, 6) is 5.97. The maximum absolute atomic E-state index is 13.8. The number of hydrogen-bond acceptors (Lipinski definition) is 7. The minimum atomic E-state index is -4.48. The molecule has 3 heterocycles. The molecule has 0 aliphatic carbocycles. The number of carbonyl (C=O) groups is 2. The number of hydrogen-bond donors (Lipinski definition) is 3. The second-order valence-corrected chi connectivity index (χ2v) is 12.8. The normalized spacial score (nSPS) is 23.2. The summed E-state index contributed by atoms with van der Waals surface area (Å²) in [5, 5.41) is 8.85. The molecular weight excluding hydrogens is 625 g/mol. The molecule has 4 atom stereocenters. The van der Waals surface area contributed by atoms with Gasteiger partial charge in [-0.15, -0.1) is 0 Å². The number of halogens is 3. The van der Waals surface area contributed by atoms with Crippen LogP contribution in [0.25, 0.3) is 11.0 Å². The van der Waals surface area contributed by atoms with E-state index in [1.54, 1.807) is 24.3 Å². The Morgan fingerprint density at radius 3 is 2.52 bits per heavy atom. The number of piperidine rings is 1. The smallest absolute Gasteiger partial charge is 0.406 e. The highest BCUT2D eigenvalue weighted by Crippen LogP contribution is 2.30. The lowest BCUT2D eigenvalue weighted by molar-refractivity contribution is -0.140. The minimum absolute atomic E-state index is 0.102. The van der Waals surface area contributed by atoms with E-state index in [0.29, 0.717) is 28.6 Å². The summed E-state index contributed by atoms with van der Waals surface area (Å²) < 4.78 is 52.6. The SMILES string of the molecule is CNC(=O)c1ccc(OC)c(NCC#Cc2cc(C(=O)N[C@H]3CCN(C4CC(C)OC(C)C4)C[C@@H]3C)c3ncn(CC(F)(F)F)c3c2)c1. The largest absolute Gasteiger partial charge is 0.495 e. The van der Waals surface area contributed by atoms with E-state index in [2.05, 4.69) is 58.4 Å². The fraction of sp³-hybridized carbons (Fsp3) is 0.514. The van der Waals surface area contributed by atoms with Crippen molar-refractivity contribution in [2.75, 3.05) is 39.1 Å². The number of fused-ring (bicyclic) bond motifs is 1. The van der Waals surface area contributed by atoms with E-state index < -0.39 is 18.6 Å². The molecule has 13 heteroatoms. The van der Waals surface area contributed by atoms with Crippen molar-refractivity contribution in [1.29, 1.82) is 0 Å². The second kappa shape index (κ2) is 14.9. The summed E-state index contributed by atoms with van der Waals surface area (Å²) in [6.07, 6.45) is -0.240. The molecule has 2 aliphatic heterocycles. The van der Waals surface area contributed by atoms with Gasteiger partial charge in [-0.3, -0.25) is 14.5 Å². The number of carbonyl (C=O) groups excluding carboxylic acids is 2. The Morgan fingerprint density at radius 2 is 1.85 bits per heavy atom. The van der Waals surface area contributed by atoms with Gasteiger partial charge in [-0.2, -0.15) is 13.2 Å². The number of likely N-dealkylation sites (tertiary alicyclic amines) is 1. The van der Waals surface area contributed by atoms with Crippen molar-refractivity contribution < 1.29 is 32.2 Å². The number of imidazole rings is 1. The predicted molar refractivity (Wildman–Crippen MR) is 177 cm³/mol. The van der Waals surface area contributed by atoms with Crippen LogP contribution in [0.2, 0.25) is 0 Å². The third-order valence-corrected chi connectivity index (χ3v) is 9.05. The van der Waals surface area contributed by atoms with Gasteiger partial charge in [0.15, 0.2) is 0 Å². The fourth-order valence-corrected chi connectivity index (χ4v) is 6.78. The maximum Gasteiger partial charge on any atom is 0.406 e. The molecule has 2 fully saturated rings. The van der Waals surface area contributed by atoms with Crippen LogP contribution in [0, 0.1) is 17.8 Å². The number of methoxy groups -OCH3 is 1. The standard InChI is InChI=1S/C35H43F3N6O4/c1-21-18-43(26-13-22(2)48-23(3)14-26)12-10-28(21)42-34(46)27-15-24(16-30-32(27)41-20-44(30)19-35(36,37)38)7-6-11-40-29-17-25(33(45)39-4)8-9-31(29)47-5/h8-9,15-17,20-23,26,28,40H,10-14,18-19H2,1-5H3,(H,39,45)(H,42,46)/t21-,22?,23?,26?,28-/m0/s1. The topological polar surface area (TPSA) is 110 Å². The molecule has 3 aromatic rings. The molecule has 0 spiro atoms. The van der Waals surface area contributed by atoms with Crippen molar-refractivity contribution in [2.45, 2.75) is 77.0 Å². The minimum Gasteiger partial charge on any atom is -0.495 e. The van der Waals surface area contributed by atoms with Gasteiger partial charge in [-0.25, -0.2) is 4.98 Å². The Kier molecular flexibility index (Phi) is 10.9. The number of amides is 2. The highest BCUT2D eigenvalue weighted by molar-refractivity contribution is 6.05. The first-order valence-electron chi connectivity index (χ1n) is 16.2. The van der Waals surface area contributed by atoms with Crippen LogP contribution in [-0.4, -0.2) is 90.5 Å². The van der Waals surface area contributed by atoms with Crippen molar-refractivity contribution in [1.82, 2.24) is 25.1 Å². The fourth-order valence-electron chi connectivity index (χ4n) is 6.78. The number of nitrogens with one attached hydrogen (secondary N) is 3. The van der Waals surface area contributed by atoms with Gasteiger partial charge in [0.2, 0.25) is 0 Å². The van der Waals surface area contributed by atoms with Gasteiger partial charge >= 0.3 is 6.18 Å². The molecular formula is C35H43F3N6O4. The number of anilines is 1. The lowest BCUT2D eigenvalue weighted by atomic mass is 9.89. The van der Waals surface area contributed by atoms with Gasteiger partial charge in [0.25, 0.3) is 11.8 Å². The van der Waals surface area contributed by atoms with Gasteiger partial charge in [0.1, 0.15) is 17.8 Å². The van der Waals surface area contributed by atoms with Crippen LogP contribution in [0.5, 0.6) is 5.75 Å². The first-order valence-corrected chi connectivity index (χ1v) is 16.2. The van der Waals surface area contributed by atoms with Crippen molar-refractivity contribution in [3.05, 3.63) is 53.3 Å². The van der Waals surface area contributed by atoms with Gasteiger partial charge < -0.3 is 30.0 Å². The van der Waals surface area contributed by atoms with E-state index >= 15 is 0 Å². The number of aromatic nitrogens is 2. The van der Waals surface area contributed by atoms with Crippen LogP contribution in [0.1, 0.15) is 66.3 Å². The highest BCUT2D eigenvalue weighted by Gasteiger charge is 2.35. The molecule has 3 N–H and O–H groups in total. The zero-order valence-electron chi connectivity index (χ0n) is 27.9. The molecule has 2 unspecified atom stereocenters. The van der Waals surface area contributed by atoms with E-state index in [0.717, 1.165) is 43.2 Å². The Bertz CT molecular complexity index is 1690. The average molecular weight is 669 g/mol. The molecule has 258 valence electrons. The average Bonchev–Trinajstić information content (AvgIpc) is 3.43. The molecule has 2 aliphatic rings. The number of alkyl halides is 3. The second-order valence-electron chi connectivity index (χ2n) is 12.8. The molecule has 0 saturated carbocycles. The lowest BCUT2D eigenvalue weighted by Gasteiger charge is -2.45. The quantitative estimate of drug-likeness (QED) is 0.295. The van der Waals surface area contributed by atoms with Crippen LogP contribution < -0.4 is 20.7 Å². The summed E-state index contributed by atoms with van der Waals surface area (Å²) in [7, 11) is 3.05. The Labute approximate surface area is 278 Å². The summed E-state index contributed by atoms with van der Waals surface area (Å²) in [6.45, 7) is 6.89. The summed E-state index contributed by atoms with van der Waals surface area (Å²) in [4.78, 5) is 32.6. The third-order valence-electron chi connectivity index (χ3n) is 9.05. The molecule has 10 nitrogen and oxygen atoms in total. The molecule has 48 heavy (non-hydrogen) atoms. The summed E-state index contributed by atoms with van der Waals surface area (Å²) in [5.41, 5.74) is 1.88. The summed E-state index contributed by atoms with van der Waals surface area (Å²) in [6, 6.07) is 8.37. The number of ether oxygens (including phenoxy) is 2. The van der Waals surface area contributed by atoms with Crippen molar-refractivity contribution in [2.24, 2.45) is 5.92 Å². The molecule has 2 saturated heterocycles. The first kappa shape index (κ1) is 35.0. The van der Waals surface area contributed by atoms with Gasteiger partial charge in [-0.05, 0) is 69.4 Å². The van der Waals surface area contributed by atoms with Crippen LogP contribution in [0.3, 0.4) is 0 Å². The van der Waals surface area contributed by atoms with Crippen LogP contribution in [-0.2, 0) is 11.3 Å². The Morgan fingerprint density at radius 1 is 1.10 bits per heavy atom. The number of benzene rings is 2. The van der Waals surface area contributed by atoms with Crippen LogP contribution in [0.15, 0.2) is 36.7 Å². The van der Waals surface area contributed by atoms with E-state index in [1.165, 1.54) is 20.2 Å². The van der Waals surface area contributed by atoms with Gasteiger partial charge in [-0.1, -0.05) is 18.8 Å². The van der Waals surface area contributed by atoms with Gasteiger partial charge in [0, 0.05) is 43.3 Å². The molecule has 2 aromatic carbocycles. The monoisotopic (exact) mass is 668 g/mol. The molecule has 5 rings (SSSR count). The van der Waals surface area contributed by atoms with E-state index in [9.17, 15) is 22.8 Å². The van der Waals surface area contributed by atoms with E-state index in [1.807, 2.05) is 0 Å².